The van der Waals surface area contributed by atoms with E-state index in [2.05, 4.69) is 16.9 Å². The van der Waals surface area contributed by atoms with Crippen LogP contribution in [0.2, 0.25) is 0 Å². The van der Waals surface area contributed by atoms with Gasteiger partial charge in [0.1, 0.15) is 5.84 Å². The summed E-state index contributed by atoms with van der Waals surface area (Å²) in [7, 11) is 0. The Balaban J connectivity index is 1.64. The number of amidine groups is 1. The van der Waals surface area contributed by atoms with Crippen LogP contribution < -0.4 is 5.32 Å². The average molecular weight is 285 g/mol. The molecule has 1 fully saturated rings. The summed E-state index contributed by atoms with van der Waals surface area (Å²) in [6.45, 7) is 5.54. The number of nitrogens with zero attached hydrogens (tertiary/aromatic N) is 2. The van der Waals surface area contributed by atoms with Gasteiger partial charge >= 0.3 is 0 Å². The number of amides is 1. The van der Waals surface area contributed by atoms with Gasteiger partial charge in [-0.2, -0.15) is 0 Å². The van der Waals surface area contributed by atoms with E-state index in [0.717, 1.165) is 23.5 Å². The first-order valence-corrected chi connectivity index (χ1v) is 7.16. The molecule has 0 bridgehead atoms. The number of hydrogen-bond acceptors (Lipinski definition) is 4. The van der Waals surface area contributed by atoms with Crippen molar-refractivity contribution in [1.29, 1.82) is 0 Å². The molecule has 0 spiro atoms. The number of aliphatic hydroxyl groups is 1. The number of hydrogen-bond donors (Lipinski definition) is 2. The normalized spacial score (nSPS) is 21.4. The Kier molecular flexibility index (Phi) is 3.75. The summed E-state index contributed by atoms with van der Waals surface area (Å²) in [6.07, 6.45) is 1.00. The van der Waals surface area contributed by atoms with E-state index in [4.69, 9.17) is 0 Å². The van der Waals surface area contributed by atoms with Crippen LogP contribution in [0.3, 0.4) is 0 Å². The Morgan fingerprint density at radius 2 is 2.19 bits per heavy atom. The van der Waals surface area contributed by atoms with E-state index in [1.54, 1.807) is 4.90 Å². The molecule has 1 unspecified atom stereocenters. The number of aliphatic hydroxyl groups excluding tert-OH is 1. The minimum atomic E-state index is -0.382. The summed E-state index contributed by atoms with van der Waals surface area (Å²) in [5.41, 5.74) is 2.69. The molecule has 1 saturated heterocycles. The molecule has 1 aromatic carbocycles. The van der Waals surface area contributed by atoms with E-state index in [1.165, 1.54) is 0 Å². The quantitative estimate of drug-likeness (QED) is 0.869. The summed E-state index contributed by atoms with van der Waals surface area (Å²) >= 11 is 0. The van der Waals surface area contributed by atoms with E-state index < -0.39 is 0 Å². The summed E-state index contributed by atoms with van der Waals surface area (Å²) < 4.78 is 0. The van der Waals surface area contributed by atoms with Gasteiger partial charge in [0.15, 0.2) is 0 Å². The van der Waals surface area contributed by atoms with Gasteiger partial charge in [-0.1, -0.05) is 18.7 Å². The van der Waals surface area contributed by atoms with Gasteiger partial charge in [-0.3, -0.25) is 9.79 Å². The van der Waals surface area contributed by atoms with Crippen molar-refractivity contribution in [2.45, 2.75) is 18.9 Å². The molecule has 5 nitrogen and oxygen atoms in total. The molecule has 0 saturated carbocycles. The average Bonchev–Trinajstić information content (AvgIpc) is 3.08. The first-order valence-electron chi connectivity index (χ1n) is 7.16. The molecule has 21 heavy (non-hydrogen) atoms. The standard InChI is InChI=1S/C16H19N3O2/c1-11-9-17-15(18-11)8-12-2-4-13(5-3-12)16(21)19-7-6-14(20)10-19/h2-5,14,20H,1,6-10H2,(H,17,18). The van der Waals surface area contributed by atoms with Crippen LogP contribution in [0.5, 0.6) is 0 Å². The third kappa shape index (κ3) is 3.13. The lowest BCUT2D eigenvalue weighted by Crippen LogP contribution is -2.29. The van der Waals surface area contributed by atoms with Gasteiger partial charge in [0, 0.05) is 30.8 Å². The number of nitrogens with one attached hydrogen (secondary N) is 1. The van der Waals surface area contributed by atoms with Crippen molar-refractivity contribution < 1.29 is 9.90 Å². The zero-order valence-electron chi connectivity index (χ0n) is 11.9. The van der Waals surface area contributed by atoms with Gasteiger partial charge in [-0.25, -0.2) is 0 Å². The van der Waals surface area contributed by atoms with Gasteiger partial charge < -0.3 is 15.3 Å². The molecule has 0 aliphatic carbocycles. The topological polar surface area (TPSA) is 64.9 Å². The smallest absolute Gasteiger partial charge is 0.253 e. The zero-order chi connectivity index (χ0) is 14.8. The van der Waals surface area contributed by atoms with Gasteiger partial charge in [0.25, 0.3) is 5.91 Å². The summed E-state index contributed by atoms with van der Waals surface area (Å²) in [5.74, 6) is 0.907. The number of likely N-dealkylation sites (tertiary alicyclic amines) is 1. The van der Waals surface area contributed by atoms with Crippen LogP contribution in [0.15, 0.2) is 41.5 Å². The Morgan fingerprint density at radius 3 is 2.76 bits per heavy atom. The van der Waals surface area contributed by atoms with Crippen molar-refractivity contribution in [3.05, 3.63) is 47.7 Å². The number of β-amino-alcohol motifs (C(OH)–C–C–N with tert-alkyl or cyclic N) is 1. The highest BCUT2D eigenvalue weighted by atomic mass is 16.3. The molecule has 2 aliphatic rings. The molecular formula is C16H19N3O2. The Morgan fingerprint density at radius 1 is 1.43 bits per heavy atom. The highest BCUT2D eigenvalue weighted by Gasteiger charge is 2.25. The van der Waals surface area contributed by atoms with Crippen molar-refractivity contribution in [3.63, 3.8) is 0 Å². The van der Waals surface area contributed by atoms with E-state index in [9.17, 15) is 9.90 Å². The Hall–Kier alpha value is -2.14. The van der Waals surface area contributed by atoms with Crippen molar-refractivity contribution in [1.82, 2.24) is 10.2 Å². The lowest BCUT2D eigenvalue weighted by molar-refractivity contribution is 0.0765. The van der Waals surface area contributed by atoms with Gasteiger partial charge in [-0.05, 0) is 24.1 Å². The molecule has 3 rings (SSSR count). The van der Waals surface area contributed by atoms with Crippen molar-refractivity contribution in [2.75, 3.05) is 19.6 Å². The van der Waals surface area contributed by atoms with Crippen LogP contribution >= 0.6 is 0 Å². The Bertz CT molecular complexity index is 592. The summed E-state index contributed by atoms with van der Waals surface area (Å²) in [4.78, 5) is 18.3. The largest absolute Gasteiger partial charge is 0.391 e. The maximum Gasteiger partial charge on any atom is 0.253 e. The van der Waals surface area contributed by atoms with Crippen LogP contribution in [0.1, 0.15) is 22.3 Å². The highest BCUT2D eigenvalue weighted by Crippen LogP contribution is 2.15. The van der Waals surface area contributed by atoms with Crippen LogP contribution in [0.4, 0.5) is 0 Å². The number of rotatable bonds is 3. The molecule has 2 aliphatic heterocycles. The molecule has 1 aromatic rings. The number of aliphatic imine (C=N–C) groups is 1. The lowest BCUT2D eigenvalue weighted by atomic mass is 10.1. The van der Waals surface area contributed by atoms with Crippen molar-refractivity contribution >= 4 is 11.7 Å². The molecular weight excluding hydrogens is 266 g/mol. The SMILES string of the molecule is C=C1CN=C(Cc2ccc(C(=O)N3CCC(O)C3)cc2)N1. The Labute approximate surface area is 124 Å². The number of carbonyl (C=O) groups excluding carboxylic acids is 1. The van der Waals surface area contributed by atoms with Gasteiger partial charge in [0.05, 0.1) is 12.6 Å². The molecule has 2 heterocycles. The number of benzene rings is 1. The second kappa shape index (κ2) is 5.69. The van der Waals surface area contributed by atoms with Gasteiger partial charge in [0.2, 0.25) is 0 Å². The molecule has 0 radical (unpaired) electrons. The fourth-order valence-corrected chi connectivity index (χ4v) is 2.64. The van der Waals surface area contributed by atoms with Crippen LogP contribution in [-0.2, 0) is 6.42 Å². The molecule has 1 amide bonds. The number of carbonyl (C=O) groups is 1. The first kappa shape index (κ1) is 13.8. The third-order valence-electron chi connectivity index (χ3n) is 3.80. The minimum Gasteiger partial charge on any atom is -0.391 e. The van der Waals surface area contributed by atoms with Gasteiger partial charge in [-0.15, -0.1) is 0 Å². The van der Waals surface area contributed by atoms with E-state index >= 15 is 0 Å². The molecule has 5 heteroatoms. The molecule has 110 valence electrons. The minimum absolute atomic E-state index is 0.0113. The zero-order valence-corrected chi connectivity index (χ0v) is 11.9. The fourth-order valence-electron chi connectivity index (χ4n) is 2.64. The molecule has 2 N–H and O–H groups in total. The predicted octanol–water partition coefficient (Wildman–Crippen LogP) is 0.951. The van der Waals surface area contributed by atoms with Crippen molar-refractivity contribution in [3.8, 4) is 0 Å². The van der Waals surface area contributed by atoms with E-state index in [1.807, 2.05) is 24.3 Å². The lowest BCUT2D eigenvalue weighted by Gasteiger charge is -2.15. The highest BCUT2D eigenvalue weighted by molar-refractivity contribution is 5.94. The van der Waals surface area contributed by atoms with E-state index in [-0.39, 0.29) is 12.0 Å². The second-order valence-electron chi connectivity index (χ2n) is 5.56. The first-order chi connectivity index (χ1) is 10.1. The maximum atomic E-state index is 12.3. The predicted molar refractivity (Wildman–Crippen MR) is 81.3 cm³/mol. The summed E-state index contributed by atoms with van der Waals surface area (Å²) in [5, 5.41) is 12.6. The van der Waals surface area contributed by atoms with E-state index in [0.29, 0.717) is 31.6 Å². The molecule has 0 aromatic heterocycles. The molecule has 1 atom stereocenters. The van der Waals surface area contributed by atoms with Crippen LogP contribution in [0, 0.1) is 0 Å². The van der Waals surface area contributed by atoms with Crippen LogP contribution in [-0.4, -0.2) is 47.5 Å². The maximum absolute atomic E-state index is 12.3. The monoisotopic (exact) mass is 285 g/mol. The third-order valence-corrected chi connectivity index (χ3v) is 3.80. The van der Waals surface area contributed by atoms with Crippen LogP contribution in [0.25, 0.3) is 0 Å². The fraction of sp³-hybridized carbons (Fsp3) is 0.375. The van der Waals surface area contributed by atoms with Crippen molar-refractivity contribution in [2.24, 2.45) is 4.99 Å². The second-order valence-corrected chi connectivity index (χ2v) is 5.56. The summed E-state index contributed by atoms with van der Waals surface area (Å²) in [6, 6.07) is 7.58.